The van der Waals surface area contributed by atoms with Crippen molar-refractivity contribution < 1.29 is 17.6 Å². The molecule has 1 aliphatic rings. The van der Waals surface area contributed by atoms with Crippen molar-refractivity contribution in [3.8, 4) is 10.7 Å². The predicted octanol–water partition coefficient (Wildman–Crippen LogP) is 3.87. The SMILES string of the molecule is Cc1csc(-c2cc(S(=O)(=O)Nc3ccc(F)cc3)cn2CC(=O)N2CCCCC2)n1. The van der Waals surface area contributed by atoms with Gasteiger partial charge >= 0.3 is 0 Å². The first-order valence-corrected chi connectivity index (χ1v) is 12.4. The zero-order chi connectivity index (χ0) is 22.0. The molecule has 10 heteroatoms. The molecule has 0 atom stereocenters. The van der Waals surface area contributed by atoms with E-state index in [0.29, 0.717) is 10.7 Å². The van der Waals surface area contributed by atoms with Crippen LogP contribution in [0.2, 0.25) is 0 Å². The summed E-state index contributed by atoms with van der Waals surface area (Å²) in [7, 11) is -3.93. The van der Waals surface area contributed by atoms with Crippen LogP contribution in [-0.2, 0) is 21.4 Å². The highest BCUT2D eigenvalue weighted by atomic mass is 32.2. The van der Waals surface area contributed by atoms with Gasteiger partial charge < -0.3 is 9.47 Å². The van der Waals surface area contributed by atoms with Gasteiger partial charge in [-0.05, 0) is 56.5 Å². The number of hydrogen-bond acceptors (Lipinski definition) is 5. The Balaban J connectivity index is 1.65. The molecular formula is C21H23FN4O3S2. The van der Waals surface area contributed by atoms with Crippen LogP contribution in [0.25, 0.3) is 10.7 Å². The molecule has 1 fully saturated rings. The van der Waals surface area contributed by atoms with Crippen LogP contribution in [0.4, 0.5) is 10.1 Å². The number of anilines is 1. The average Bonchev–Trinajstić information content (AvgIpc) is 3.37. The van der Waals surface area contributed by atoms with Gasteiger partial charge in [-0.3, -0.25) is 9.52 Å². The fourth-order valence-electron chi connectivity index (χ4n) is 3.53. The van der Waals surface area contributed by atoms with Crippen molar-refractivity contribution in [2.75, 3.05) is 17.8 Å². The van der Waals surface area contributed by atoms with Crippen LogP contribution in [0.5, 0.6) is 0 Å². The lowest BCUT2D eigenvalue weighted by atomic mass is 10.1. The van der Waals surface area contributed by atoms with Crippen LogP contribution in [0, 0.1) is 12.7 Å². The lowest BCUT2D eigenvalue weighted by Crippen LogP contribution is -2.37. The summed E-state index contributed by atoms with van der Waals surface area (Å²) in [6.07, 6.45) is 4.54. The van der Waals surface area contributed by atoms with Gasteiger partial charge in [-0.15, -0.1) is 11.3 Å². The van der Waals surface area contributed by atoms with E-state index in [0.717, 1.165) is 38.0 Å². The highest BCUT2D eigenvalue weighted by Crippen LogP contribution is 2.29. The van der Waals surface area contributed by atoms with E-state index in [1.807, 2.05) is 17.2 Å². The van der Waals surface area contributed by atoms with Crippen LogP contribution in [-0.4, -0.2) is 41.9 Å². The molecule has 0 aliphatic carbocycles. The van der Waals surface area contributed by atoms with Crippen molar-refractivity contribution in [2.24, 2.45) is 0 Å². The molecule has 31 heavy (non-hydrogen) atoms. The Morgan fingerprint density at radius 3 is 2.55 bits per heavy atom. The van der Waals surface area contributed by atoms with Crippen molar-refractivity contribution in [3.63, 3.8) is 0 Å². The van der Waals surface area contributed by atoms with Gasteiger partial charge in [0.1, 0.15) is 22.3 Å². The molecule has 1 aliphatic heterocycles. The van der Waals surface area contributed by atoms with Gasteiger partial charge in [0.25, 0.3) is 10.0 Å². The Labute approximate surface area is 184 Å². The number of carbonyl (C=O) groups excluding carboxylic acids is 1. The van der Waals surface area contributed by atoms with Crippen molar-refractivity contribution in [3.05, 3.63) is 53.4 Å². The largest absolute Gasteiger partial charge is 0.341 e. The number of aromatic nitrogens is 2. The Bertz CT molecular complexity index is 1180. The number of likely N-dealkylation sites (tertiary alicyclic amines) is 1. The first-order valence-electron chi connectivity index (χ1n) is 10.0. The minimum atomic E-state index is -3.93. The Morgan fingerprint density at radius 1 is 1.19 bits per heavy atom. The number of benzene rings is 1. The standard InChI is InChI=1S/C21H23FN4O3S2/c1-15-14-30-21(23-15)19-11-18(31(28,29)24-17-7-5-16(22)6-8-17)12-26(19)13-20(27)25-9-3-2-4-10-25/h5-8,11-12,14,24H,2-4,9-10,13H2,1H3. The molecule has 1 N–H and O–H groups in total. The highest BCUT2D eigenvalue weighted by molar-refractivity contribution is 7.92. The molecule has 0 spiro atoms. The van der Waals surface area contributed by atoms with Crippen molar-refractivity contribution in [2.45, 2.75) is 37.6 Å². The first kappa shape index (κ1) is 21.5. The van der Waals surface area contributed by atoms with Gasteiger partial charge in [-0.25, -0.2) is 17.8 Å². The van der Waals surface area contributed by atoms with Gasteiger partial charge in [0.2, 0.25) is 5.91 Å². The summed E-state index contributed by atoms with van der Waals surface area (Å²) in [5, 5.41) is 2.52. The van der Waals surface area contributed by atoms with Gasteiger partial charge in [-0.1, -0.05) is 0 Å². The maximum absolute atomic E-state index is 13.1. The van der Waals surface area contributed by atoms with Crippen LogP contribution < -0.4 is 4.72 Å². The molecular weight excluding hydrogens is 439 g/mol. The molecule has 0 radical (unpaired) electrons. The van der Waals surface area contributed by atoms with Crippen LogP contribution >= 0.6 is 11.3 Å². The van der Waals surface area contributed by atoms with Crippen molar-refractivity contribution in [1.29, 1.82) is 0 Å². The van der Waals surface area contributed by atoms with E-state index in [9.17, 15) is 17.6 Å². The third-order valence-corrected chi connectivity index (χ3v) is 7.46. The van der Waals surface area contributed by atoms with Crippen molar-refractivity contribution in [1.82, 2.24) is 14.5 Å². The molecule has 1 amide bonds. The molecule has 0 saturated carbocycles. The van der Waals surface area contributed by atoms with Gasteiger partial charge in [0.05, 0.1) is 5.69 Å². The summed E-state index contributed by atoms with van der Waals surface area (Å²) in [4.78, 5) is 19.1. The number of thiazole rings is 1. The second kappa shape index (κ2) is 8.80. The first-order chi connectivity index (χ1) is 14.8. The number of aryl methyl sites for hydroxylation is 1. The van der Waals surface area contributed by atoms with Gasteiger partial charge in [0.15, 0.2) is 0 Å². The lowest BCUT2D eigenvalue weighted by Gasteiger charge is -2.27. The molecule has 3 heterocycles. The molecule has 7 nitrogen and oxygen atoms in total. The fraction of sp³-hybridized carbons (Fsp3) is 0.333. The third kappa shape index (κ3) is 4.96. The van der Waals surface area contributed by atoms with Crippen molar-refractivity contribution >= 4 is 33.0 Å². The van der Waals surface area contributed by atoms with E-state index in [1.165, 1.54) is 47.9 Å². The summed E-state index contributed by atoms with van der Waals surface area (Å²) in [6.45, 7) is 3.35. The molecule has 1 saturated heterocycles. The van der Waals surface area contributed by atoms with Crippen LogP contribution in [0.15, 0.2) is 46.8 Å². The van der Waals surface area contributed by atoms with Crippen LogP contribution in [0.1, 0.15) is 25.0 Å². The maximum atomic E-state index is 13.1. The van der Waals surface area contributed by atoms with E-state index in [-0.39, 0.29) is 23.0 Å². The van der Waals surface area contributed by atoms with E-state index in [4.69, 9.17) is 0 Å². The topological polar surface area (TPSA) is 84.3 Å². The summed E-state index contributed by atoms with van der Waals surface area (Å²) >= 11 is 1.40. The van der Waals surface area contributed by atoms with E-state index in [1.54, 1.807) is 4.57 Å². The molecule has 0 bridgehead atoms. The number of rotatable bonds is 6. The van der Waals surface area contributed by atoms with Gasteiger partial charge in [0, 0.05) is 36.0 Å². The van der Waals surface area contributed by atoms with E-state index in [2.05, 4.69) is 9.71 Å². The average molecular weight is 463 g/mol. The second-order valence-corrected chi connectivity index (χ2v) is 10.1. The zero-order valence-corrected chi connectivity index (χ0v) is 18.7. The third-order valence-electron chi connectivity index (χ3n) is 5.13. The summed E-state index contributed by atoms with van der Waals surface area (Å²) < 4.78 is 43.1. The number of hydrogen-bond donors (Lipinski definition) is 1. The number of nitrogens with zero attached hydrogens (tertiary/aromatic N) is 3. The number of amides is 1. The Hall–Kier alpha value is -2.72. The summed E-state index contributed by atoms with van der Waals surface area (Å²) in [5.41, 5.74) is 1.65. The summed E-state index contributed by atoms with van der Waals surface area (Å²) in [5.74, 6) is -0.493. The van der Waals surface area contributed by atoms with E-state index < -0.39 is 15.8 Å². The Morgan fingerprint density at radius 2 is 1.90 bits per heavy atom. The minimum Gasteiger partial charge on any atom is -0.341 e. The molecule has 4 rings (SSSR count). The normalized spacial score (nSPS) is 14.6. The number of piperidine rings is 1. The Kier molecular flexibility index (Phi) is 6.10. The predicted molar refractivity (Wildman–Crippen MR) is 118 cm³/mol. The molecule has 0 unspecified atom stereocenters. The number of nitrogens with one attached hydrogen (secondary N) is 1. The second-order valence-electron chi connectivity index (χ2n) is 7.54. The minimum absolute atomic E-state index is 0.0196. The quantitative estimate of drug-likeness (QED) is 0.603. The summed E-state index contributed by atoms with van der Waals surface area (Å²) in [6, 6.07) is 6.60. The monoisotopic (exact) mass is 462 g/mol. The molecule has 2 aromatic heterocycles. The number of halogens is 1. The molecule has 164 valence electrons. The van der Waals surface area contributed by atoms with E-state index >= 15 is 0 Å². The smallest absolute Gasteiger partial charge is 0.263 e. The van der Waals surface area contributed by atoms with Crippen LogP contribution in [0.3, 0.4) is 0 Å². The number of sulfonamides is 1. The number of carbonyl (C=O) groups is 1. The fourth-order valence-corrected chi connectivity index (χ4v) is 5.46. The molecule has 1 aromatic carbocycles. The zero-order valence-electron chi connectivity index (χ0n) is 17.0. The molecule has 3 aromatic rings. The van der Waals surface area contributed by atoms with Gasteiger partial charge in [-0.2, -0.15) is 0 Å². The highest BCUT2D eigenvalue weighted by Gasteiger charge is 2.24. The lowest BCUT2D eigenvalue weighted by molar-refractivity contribution is -0.132. The maximum Gasteiger partial charge on any atom is 0.263 e.